The summed E-state index contributed by atoms with van der Waals surface area (Å²) >= 11 is 0. The molecule has 0 bridgehead atoms. The van der Waals surface area contributed by atoms with Gasteiger partial charge in [-0.1, -0.05) is 19.8 Å². The molecule has 1 N–H and O–H groups in total. The van der Waals surface area contributed by atoms with E-state index in [0.29, 0.717) is 0 Å². The molecule has 3 heteroatoms. The van der Waals surface area contributed by atoms with Gasteiger partial charge in [0.1, 0.15) is 5.82 Å². The van der Waals surface area contributed by atoms with Crippen LogP contribution in [0, 0.1) is 18.8 Å². The fraction of sp³-hybridized carbons (Fsp3) is 0.692. The van der Waals surface area contributed by atoms with Gasteiger partial charge in [0, 0.05) is 12.7 Å². The zero-order valence-corrected chi connectivity index (χ0v) is 10.2. The van der Waals surface area contributed by atoms with Crippen molar-refractivity contribution in [2.45, 2.75) is 39.7 Å². The summed E-state index contributed by atoms with van der Waals surface area (Å²) in [5, 5.41) is 3.51. The fourth-order valence-electron chi connectivity index (χ4n) is 2.51. The lowest BCUT2D eigenvalue weighted by atomic mass is 9.98. The minimum atomic E-state index is 0.855. The average Bonchev–Trinajstić information content (AvgIpc) is 2.65. The van der Waals surface area contributed by atoms with Gasteiger partial charge in [-0.15, -0.1) is 0 Å². The first-order valence-electron chi connectivity index (χ1n) is 6.25. The van der Waals surface area contributed by atoms with Crippen LogP contribution in [0.2, 0.25) is 0 Å². The SMILES string of the molecule is Cc1nccc(CNCC2CCCC2C)n1. The Balaban J connectivity index is 1.75. The maximum absolute atomic E-state index is 4.38. The molecule has 3 nitrogen and oxygen atoms in total. The molecule has 1 aliphatic rings. The normalized spacial score (nSPS) is 24.9. The molecule has 0 amide bonds. The second-order valence-electron chi connectivity index (χ2n) is 4.89. The predicted molar refractivity (Wildman–Crippen MR) is 65.0 cm³/mol. The van der Waals surface area contributed by atoms with Crippen LogP contribution in [0.5, 0.6) is 0 Å². The van der Waals surface area contributed by atoms with Crippen LogP contribution in [0.4, 0.5) is 0 Å². The van der Waals surface area contributed by atoms with E-state index in [9.17, 15) is 0 Å². The van der Waals surface area contributed by atoms with Gasteiger partial charge in [0.2, 0.25) is 0 Å². The summed E-state index contributed by atoms with van der Waals surface area (Å²) in [4.78, 5) is 8.48. The van der Waals surface area contributed by atoms with E-state index in [2.05, 4.69) is 22.2 Å². The van der Waals surface area contributed by atoms with Crippen molar-refractivity contribution in [1.29, 1.82) is 0 Å². The third kappa shape index (κ3) is 3.01. The highest BCUT2D eigenvalue weighted by Gasteiger charge is 2.22. The van der Waals surface area contributed by atoms with Gasteiger partial charge in [-0.3, -0.25) is 0 Å². The molecule has 2 rings (SSSR count). The second kappa shape index (κ2) is 5.39. The molecule has 1 heterocycles. The molecule has 0 spiro atoms. The molecule has 0 aliphatic heterocycles. The smallest absolute Gasteiger partial charge is 0.125 e. The van der Waals surface area contributed by atoms with Gasteiger partial charge in [0.05, 0.1) is 5.69 Å². The number of aryl methyl sites for hydroxylation is 1. The molecule has 0 radical (unpaired) electrons. The van der Waals surface area contributed by atoms with Crippen LogP contribution in [0.25, 0.3) is 0 Å². The lowest BCUT2D eigenvalue weighted by molar-refractivity contribution is 0.391. The Hall–Kier alpha value is -0.960. The lowest BCUT2D eigenvalue weighted by Crippen LogP contribution is -2.24. The number of rotatable bonds is 4. The summed E-state index contributed by atoms with van der Waals surface area (Å²) in [6.45, 7) is 6.30. The van der Waals surface area contributed by atoms with E-state index >= 15 is 0 Å². The number of nitrogens with zero attached hydrogens (tertiary/aromatic N) is 2. The first-order chi connectivity index (χ1) is 7.75. The van der Waals surface area contributed by atoms with Crippen LogP contribution < -0.4 is 5.32 Å². The second-order valence-corrected chi connectivity index (χ2v) is 4.89. The molecule has 2 atom stereocenters. The van der Waals surface area contributed by atoms with Crippen LogP contribution in [-0.4, -0.2) is 16.5 Å². The molecular weight excluding hydrogens is 198 g/mol. The molecule has 1 aliphatic carbocycles. The summed E-state index contributed by atoms with van der Waals surface area (Å²) in [5.74, 6) is 2.61. The summed E-state index contributed by atoms with van der Waals surface area (Å²) in [7, 11) is 0. The third-order valence-corrected chi connectivity index (χ3v) is 3.59. The highest BCUT2D eigenvalue weighted by molar-refractivity contribution is 5.01. The monoisotopic (exact) mass is 219 g/mol. The van der Waals surface area contributed by atoms with E-state index in [1.165, 1.54) is 19.3 Å². The van der Waals surface area contributed by atoms with Crippen molar-refractivity contribution in [2.24, 2.45) is 11.8 Å². The number of hydrogen-bond donors (Lipinski definition) is 1. The summed E-state index contributed by atoms with van der Waals surface area (Å²) in [6.07, 6.45) is 6.02. The number of aromatic nitrogens is 2. The Morgan fingerprint density at radius 1 is 1.44 bits per heavy atom. The largest absolute Gasteiger partial charge is 0.311 e. The van der Waals surface area contributed by atoms with Crippen molar-refractivity contribution in [3.05, 3.63) is 23.8 Å². The van der Waals surface area contributed by atoms with Crippen LogP contribution in [0.3, 0.4) is 0 Å². The molecule has 1 saturated carbocycles. The Morgan fingerprint density at radius 2 is 2.31 bits per heavy atom. The third-order valence-electron chi connectivity index (χ3n) is 3.59. The van der Waals surface area contributed by atoms with Crippen LogP contribution in [-0.2, 0) is 6.54 Å². The van der Waals surface area contributed by atoms with Crippen molar-refractivity contribution in [3.63, 3.8) is 0 Å². The summed E-state index contributed by atoms with van der Waals surface area (Å²) in [5.41, 5.74) is 1.10. The molecular formula is C13H21N3. The van der Waals surface area contributed by atoms with E-state index in [-0.39, 0.29) is 0 Å². The standard InChI is InChI=1S/C13H21N3/c1-10-4-3-5-12(10)8-14-9-13-6-7-15-11(2)16-13/h6-7,10,12,14H,3-5,8-9H2,1-2H3. The average molecular weight is 219 g/mol. The maximum Gasteiger partial charge on any atom is 0.125 e. The van der Waals surface area contributed by atoms with Crippen molar-refractivity contribution in [2.75, 3.05) is 6.54 Å². The first kappa shape index (κ1) is 11.5. The highest BCUT2D eigenvalue weighted by atomic mass is 14.9. The van der Waals surface area contributed by atoms with Gasteiger partial charge >= 0.3 is 0 Å². The number of hydrogen-bond acceptors (Lipinski definition) is 3. The van der Waals surface area contributed by atoms with Crippen LogP contribution in [0.1, 0.15) is 37.7 Å². The summed E-state index contributed by atoms with van der Waals surface area (Å²) in [6, 6.07) is 1.98. The minimum Gasteiger partial charge on any atom is -0.311 e. The Kier molecular flexibility index (Phi) is 3.88. The molecule has 88 valence electrons. The molecule has 1 fully saturated rings. The first-order valence-corrected chi connectivity index (χ1v) is 6.25. The number of nitrogens with one attached hydrogen (secondary N) is 1. The molecule has 0 saturated heterocycles. The molecule has 1 aromatic rings. The van der Waals surface area contributed by atoms with E-state index in [0.717, 1.165) is 36.4 Å². The van der Waals surface area contributed by atoms with Gasteiger partial charge in [0.15, 0.2) is 0 Å². The predicted octanol–water partition coefficient (Wildman–Crippen LogP) is 2.31. The highest BCUT2D eigenvalue weighted by Crippen LogP contribution is 2.30. The quantitative estimate of drug-likeness (QED) is 0.844. The minimum absolute atomic E-state index is 0.855. The van der Waals surface area contributed by atoms with Crippen molar-refractivity contribution in [3.8, 4) is 0 Å². The van der Waals surface area contributed by atoms with Crippen molar-refractivity contribution >= 4 is 0 Å². The van der Waals surface area contributed by atoms with Gasteiger partial charge in [-0.05, 0) is 37.8 Å². The zero-order chi connectivity index (χ0) is 11.4. The van der Waals surface area contributed by atoms with E-state index in [1.54, 1.807) is 0 Å². The van der Waals surface area contributed by atoms with Gasteiger partial charge < -0.3 is 5.32 Å². The lowest BCUT2D eigenvalue weighted by Gasteiger charge is -2.15. The van der Waals surface area contributed by atoms with Crippen LogP contribution >= 0.6 is 0 Å². The van der Waals surface area contributed by atoms with Gasteiger partial charge in [0.25, 0.3) is 0 Å². The van der Waals surface area contributed by atoms with E-state index in [1.807, 2.05) is 19.2 Å². The Labute approximate surface area is 97.7 Å². The van der Waals surface area contributed by atoms with E-state index in [4.69, 9.17) is 0 Å². The van der Waals surface area contributed by atoms with Gasteiger partial charge in [-0.25, -0.2) is 9.97 Å². The zero-order valence-electron chi connectivity index (χ0n) is 10.2. The van der Waals surface area contributed by atoms with Crippen molar-refractivity contribution in [1.82, 2.24) is 15.3 Å². The van der Waals surface area contributed by atoms with Crippen LogP contribution in [0.15, 0.2) is 12.3 Å². The molecule has 2 unspecified atom stereocenters. The summed E-state index contributed by atoms with van der Waals surface area (Å²) < 4.78 is 0. The van der Waals surface area contributed by atoms with Crippen molar-refractivity contribution < 1.29 is 0 Å². The fourth-order valence-corrected chi connectivity index (χ4v) is 2.51. The Morgan fingerprint density at radius 3 is 3.00 bits per heavy atom. The topological polar surface area (TPSA) is 37.8 Å². The molecule has 0 aromatic carbocycles. The van der Waals surface area contributed by atoms with Gasteiger partial charge in [-0.2, -0.15) is 0 Å². The molecule has 1 aromatic heterocycles. The van der Waals surface area contributed by atoms with E-state index < -0.39 is 0 Å². The Bertz CT molecular complexity index is 338. The maximum atomic E-state index is 4.38. The molecule has 16 heavy (non-hydrogen) atoms.